The lowest BCUT2D eigenvalue weighted by Crippen LogP contribution is -2.29. The minimum absolute atomic E-state index is 0.0334. The van der Waals surface area contributed by atoms with Gasteiger partial charge in [-0.25, -0.2) is 0 Å². The Bertz CT molecular complexity index is 978. The van der Waals surface area contributed by atoms with Crippen LogP contribution in [0.4, 0.5) is 5.69 Å². The maximum absolute atomic E-state index is 12.9. The zero-order valence-corrected chi connectivity index (χ0v) is 19.1. The number of rotatable bonds is 9. The lowest BCUT2D eigenvalue weighted by atomic mass is 10.1. The number of carbonyl (C=O) groups is 2. The standard InChI is InChI=1S/C26H32N2O4/c1-4-5-17-32-22-13-11-20(18-23(22)31-3)12-14-24(29)27-25-19(2)9-8-10-21(25)26(30)28-15-6-7-16-28/h8-14,18H,4-7,15-17H2,1-3H3,(H,27,29)/b14-12+. The fourth-order valence-electron chi connectivity index (χ4n) is 3.67. The van der Waals surface area contributed by atoms with E-state index in [0.29, 0.717) is 29.4 Å². The van der Waals surface area contributed by atoms with Crippen LogP contribution in [0.3, 0.4) is 0 Å². The number of aryl methyl sites for hydroxylation is 1. The molecule has 1 saturated heterocycles. The van der Waals surface area contributed by atoms with Gasteiger partial charge in [0.05, 0.1) is 25.0 Å². The molecule has 1 aliphatic rings. The van der Waals surface area contributed by atoms with Crippen LogP contribution in [0.2, 0.25) is 0 Å². The van der Waals surface area contributed by atoms with Gasteiger partial charge in [-0.1, -0.05) is 31.5 Å². The first kappa shape index (κ1) is 23.4. The molecule has 0 aromatic heterocycles. The summed E-state index contributed by atoms with van der Waals surface area (Å²) in [7, 11) is 1.60. The van der Waals surface area contributed by atoms with Crippen LogP contribution in [0.1, 0.15) is 54.1 Å². The largest absolute Gasteiger partial charge is 0.493 e. The first-order valence-corrected chi connectivity index (χ1v) is 11.2. The molecule has 0 unspecified atom stereocenters. The van der Waals surface area contributed by atoms with Crippen molar-refractivity contribution in [3.05, 3.63) is 59.2 Å². The SMILES string of the molecule is CCCCOc1ccc(/C=C/C(=O)Nc2c(C)cccc2C(=O)N2CCCC2)cc1OC. The summed E-state index contributed by atoms with van der Waals surface area (Å²) in [5.41, 5.74) is 2.77. The predicted octanol–water partition coefficient (Wildman–Crippen LogP) is 5.07. The quantitative estimate of drug-likeness (QED) is 0.440. The number of benzene rings is 2. The van der Waals surface area contributed by atoms with E-state index in [0.717, 1.165) is 49.9 Å². The molecule has 0 aliphatic carbocycles. The Hall–Kier alpha value is -3.28. The summed E-state index contributed by atoms with van der Waals surface area (Å²) in [4.78, 5) is 27.4. The second-order valence-electron chi connectivity index (χ2n) is 7.93. The van der Waals surface area contributed by atoms with E-state index in [1.165, 1.54) is 6.08 Å². The molecule has 0 spiro atoms. The van der Waals surface area contributed by atoms with Gasteiger partial charge in [0.1, 0.15) is 0 Å². The Morgan fingerprint density at radius 2 is 1.91 bits per heavy atom. The maximum Gasteiger partial charge on any atom is 0.255 e. The molecule has 0 bridgehead atoms. The van der Waals surface area contributed by atoms with Crippen LogP contribution in [0.25, 0.3) is 6.08 Å². The summed E-state index contributed by atoms with van der Waals surface area (Å²) in [6.45, 7) is 6.17. The van der Waals surface area contributed by atoms with Crippen molar-refractivity contribution < 1.29 is 19.1 Å². The number of unbranched alkanes of at least 4 members (excludes halogenated alkanes) is 1. The van der Waals surface area contributed by atoms with Gasteiger partial charge >= 0.3 is 0 Å². The Morgan fingerprint density at radius 1 is 1.12 bits per heavy atom. The van der Waals surface area contributed by atoms with Crippen molar-refractivity contribution in [1.29, 1.82) is 0 Å². The molecule has 1 aliphatic heterocycles. The van der Waals surface area contributed by atoms with E-state index < -0.39 is 0 Å². The highest BCUT2D eigenvalue weighted by molar-refractivity contribution is 6.08. The highest BCUT2D eigenvalue weighted by Crippen LogP contribution is 2.29. The summed E-state index contributed by atoms with van der Waals surface area (Å²) in [6.07, 6.45) is 7.26. The average Bonchev–Trinajstić information content (AvgIpc) is 3.34. The van der Waals surface area contributed by atoms with Crippen LogP contribution in [-0.2, 0) is 4.79 Å². The molecule has 6 heteroatoms. The van der Waals surface area contributed by atoms with Crippen LogP contribution in [0.15, 0.2) is 42.5 Å². The van der Waals surface area contributed by atoms with E-state index in [1.807, 2.05) is 42.2 Å². The van der Waals surface area contributed by atoms with Crippen molar-refractivity contribution in [1.82, 2.24) is 4.90 Å². The highest BCUT2D eigenvalue weighted by Gasteiger charge is 2.23. The third-order valence-electron chi connectivity index (χ3n) is 5.51. The number of likely N-dealkylation sites (tertiary alicyclic amines) is 1. The second kappa shape index (κ2) is 11.4. The molecule has 2 aromatic carbocycles. The molecule has 0 saturated carbocycles. The lowest BCUT2D eigenvalue weighted by molar-refractivity contribution is -0.111. The minimum Gasteiger partial charge on any atom is -0.493 e. The van der Waals surface area contributed by atoms with E-state index in [1.54, 1.807) is 19.3 Å². The van der Waals surface area contributed by atoms with Gasteiger partial charge in [-0.3, -0.25) is 9.59 Å². The normalized spacial score (nSPS) is 13.4. The third kappa shape index (κ3) is 5.90. The van der Waals surface area contributed by atoms with Crippen molar-refractivity contribution in [2.75, 3.05) is 32.1 Å². The van der Waals surface area contributed by atoms with Crippen molar-refractivity contribution in [2.24, 2.45) is 0 Å². The van der Waals surface area contributed by atoms with Gasteiger partial charge in [0.25, 0.3) is 5.91 Å². The van der Waals surface area contributed by atoms with Crippen molar-refractivity contribution in [3.8, 4) is 11.5 Å². The summed E-state index contributed by atoms with van der Waals surface area (Å²) < 4.78 is 11.2. The molecule has 6 nitrogen and oxygen atoms in total. The van der Waals surface area contributed by atoms with Crippen LogP contribution < -0.4 is 14.8 Å². The molecule has 32 heavy (non-hydrogen) atoms. The number of hydrogen-bond donors (Lipinski definition) is 1. The van der Waals surface area contributed by atoms with E-state index in [-0.39, 0.29) is 11.8 Å². The Balaban J connectivity index is 1.71. The molecule has 0 radical (unpaired) electrons. The fourth-order valence-corrected chi connectivity index (χ4v) is 3.67. The van der Waals surface area contributed by atoms with E-state index >= 15 is 0 Å². The topological polar surface area (TPSA) is 67.9 Å². The van der Waals surface area contributed by atoms with Gasteiger partial charge in [0, 0.05) is 19.2 Å². The minimum atomic E-state index is -0.294. The monoisotopic (exact) mass is 436 g/mol. The Morgan fingerprint density at radius 3 is 2.62 bits per heavy atom. The lowest BCUT2D eigenvalue weighted by Gasteiger charge is -2.19. The molecule has 2 aromatic rings. The number of amides is 2. The highest BCUT2D eigenvalue weighted by atomic mass is 16.5. The van der Waals surface area contributed by atoms with Crippen molar-refractivity contribution in [3.63, 3.8) is 0 Å². The third-order valence-corrected chi connectivity index (χ3v) is 5.51. The van der Waals surface area contributed by atoms with Crippen LogP contribution in [0.5, 0.6) is 11.5 Å². The number of para-hydroxylation sites is 1. The van der Waals surface area contributed by atoms with Gasteiger partial charge in [0.2, 0.25) is 5.91 Å². The van der Waals surface area contributed by atoms with Crippen molar-refractivity contribution in [2.45, 2.75) is 39.5 Å². The first-order valence-electron chi connectivity index (χ1n) is 11.2. The summed E-state index contributed by atoms with van der Waals surface area (Å²) >= 11 is 0. The zero-order chi connectivity index (χ0) is 22.9. The maximum atomic E-state index is 12.9. The van der Waals surface area contributed by atoms with E-state index in [2.05, 4.69) is 12.2 Å². The number of ether oxygens (including phenoxy) is 2. The number of nitrogens with one attached hydrogen (secondary N) is 1. The summed E-state index contributed by atoms with van der Waals surface area (Å²) in [5.74, 6) is 0.986. The molecular weight excluding hydrogens is 404 g/mol. The number of nitrogens with zero attached hydrogens (tertiary/aromatic N) is 1. The van der Waals surface area contributed by atoms with Crippen LogP contribution >= 0.6 is 0 Å². The predicted molar refractivity (Wildman–Crippen MR) is 127 cm³/mol. The summed E-state index contributed by atoms with van der Waals surface area (Å²) in [6, 6.07) is 11.1. The number of hydrogen-bond acceptors (Lipinski definition) is 4. The number of carbonyl (C=O) groups excluding carboxylic acids is 2. The van der Waals surface area contributed by atoms with Gasteiger partial charge in [-0.2, -0.15) is 0 Å². The molecule has 1 N–H and O–H groups in total. The molecule has 1 fully saturated rings. The molecule has 170 valence electrons. The molecule has 1 heterocycles. The molecule has 0 atom stereocenters. The van der Waals surface area contributed by atoms with Gasteiger partial charge in [-0.15, -0.1) is 0 Å². The van der Waals surface area contributed by atoms with Gasteiger partial charge in [-0.05, 0) is 61.6 Å². The fraction of sp³-hybridized carbons (Fsp3) is 0.385. The zero-order valence-electron chi connectivity index (χ0n) is 19.1. The second-order valence-corrected chi connectivity index (χ2v) is 7.93. The van der Waals surface area contributed by atoms with Crippen LogP contribution in [-0.4, -0.2) is 43.5 Å². The number of anilines is 1. The average molecular weight is 437 g/mol. The van der Waals surface area contributed by atoms with Gasteiger partial charge in [0.15, 0.2) is 11.5 Å². The molecule has 3 rings (SSSR count). The number of methoxy groups -OCH3 is 1. The Labute approximate surface area is 190 Å². The van der Waals surface area contributed by atoms with Gasteiger partial charge < -0.3 is 19.7 Å². The van der Waals surface area contributed by atoms with Crippen molar-refractivity contribution >= 4 is 23.6 Å². The smallest absolute Gasteiger partial charge is 0.255 e. The van der Waals surface area contributed by atoms with E-state index in [9.17, 15) is 9.59 Å². The first-order chi connectivity index (χ1) is 15.5. The summed E-state index contributed by atoms with van der Waals surface area (Å²) in [5, 5.41) is 2.90. The Kier molecular flexibility index (Phi) is 8.31. The van der Waals surface area contributed by atoms with E-state index in [4.69, 9.17) is 9.47 Å². The molecule has 2 amide bonds. The molecular formula is C26H32N2O4. The van der Waals surface area contributed by atoms with Crippen LogP contribution in [0, 0.1) is 6.92 Å².